The summed E-state index contributed by atoms with van der Waals surface area (Å²) in [6.45, 7) is 2.72. The van der Waals surface area contributed by atoms with Crippen LogP contribution in [0.2, 0.25) is 0 Å². The van der Waals surface area contributed by atoms with Gasteiger partial charge in [-0.15, -0.1) is 0 Å². The first kappa shape index (κ1) is 16.1. The largest absolute Gasteiger partial charge is 0.395 e. The van der Waals surface area contributed by atoms with Crippen LogP contribution in [0, 0.1) is 0 Å². The zero-order chi connectivity index (χ0) is 17.1. The van der Waals surface area contributed by atoms with E-state index in [2.05, 4.69) is 20.3 Å². The molecule has 1 unspecified atom stereocenters. The van der Waals surface area contributed by atoms with E-state index in [4.69, 9.17) is 5.11 Å². The summed E-state index contributed by atoms with van der Waals surface area (Å²) in [5.74, 6) is 0.770. The zero-order valence-electron chi connectivity index (χ0n) is 13.7. The number of hydrogen-bond acceptors (Lipinski definition) is 5. The topological polar surface area (TPSA) is 97.0 Å². The number of aromatic nitrogens is 3. The molecule has 7 nitrogen and oxygen atoms in total. The van der Waals surface area contributed by atoms with Crippen LogP contribution < -0.4 is 15.9 Å². The first-order valence-electron chi connectivity index (χ1n) is 7.83. The molecule has 0 fully saturated rings. The van der Waals surface area contributed by atoms with Gasteiger partial charge in [0.1, 0.15) is 5.82 Å². The quantitative estimate of drug-likeness (QED) is 0.554. The van der Waals surface area contributed by atoms with Crippen LogP contribution in [-0.2, 0) is 0 Å². The number of anilines is 2. The van der Waals surface area contributed by atoms with E-state index >= 15 is 0 Å². The number of fused-ring (bicyclic) bond motifs is 1. The standard InChI is InChI=1S/C17H21N5O2/c1-11(12-3-5-14-15(9-12)21-17(24)20-14)19-16-6-4-13(10-18-16)22(2)7-8-23/h3-6,9-11,23H,7-8H2,1-2H3,(H,18,19)(H2,20,21,24). The predicted molar refractivity (Wildman–Crippen MR) is 95.5 cm³/mol. The molecule has 0 amide bonds. The Balaban J connectivity index is 1.73. The third-order valence-electron chi connectivity index (χ3n) is 4.03. The van der Waals surface area contributed by atoms with E-state index in [1.54, 1.807) is 6.20 Å². The Hall–Kier alpha value is -2.80. The SMILES string of the molecule is CC(Nc1ccc(N(C)CCO)cn1)c1ccc2[nH]c(=O)[nH]c2c1. The van der Waals surface area contributed by atoms with Crippen molar-refractivity contribution < 1.29 is 5.11 Å². The molecule has 126 valence electrons. The van der Waals surface area contributed by atoms with Crippen molar-refractivity contribution in [1.29, 1.82) is 0 Å². The Morgan fingerprint density at radius 3 is 2.75 bits per heavy atom. The van der Waals surface area contributed by atoms with Gasteiger partial charge in [-0.3, -0.25) is 0 Å². The van der Waals surface area contributed by atoms with Crippen molar-refractivity contribution in [3.63, 3.8) is 0 Å². The van der Waals surface area contributed by atoms with Crippen LogP contribution in [0.25, 0.3) is 11.0 Å². The minimum absolute atomic E-state index is 0.0429. The van der Waals surface area contributed by atoms with Crippen molar-refractivity contribution in [3.05, 3.63) is 52.6 Å². The molecule has 1 atom stereocenters. The Bertz CT molecular complexity index is 869. The molecule has 0 aliphatic rings. The number of nitrogens with zero attached hydrogens (tertiary/aromatic N) is 2. The van der Waals surface area contributed by atoms with Crippen molar-refractivity contribution in [2.75, 3.05) is 30.4 Å². The molecule has 2 heterocycles. The predicted octanol–water partition coefficient (Wildman–Crippen LogP) is 1.85. The van der Waals surface area contributed by atoms with Crippen LogP contribution in [0.15, 0.2) is 41.3 Å². The fourth-order valence-corrected chi connectivity index (χ4v) is 2.60. The minimum Gasteiger partial charge on any atom is -0.395 e. The highest BCUT2D eigenvalue weighted by atomic mass is 16.3. The first-order chi connectivity index (χ1) is 11.6. The number of nitrogens with one attached hydrogen (secondary N) is 3. The monoisotopic (exact) mass is 327 g/mol. The number of likely N-dealkylation sites (N-methyl/N-ethyl adjacent to an activating group) is 1. The second-order valence-corrected chi connectivity index (χ2v) is 5.80. The molecule has 1 aromatic carbocycles. The highest BCUT2D eigenvalue weighted by Crippen LogP contribution is 2.21. The average Bonchev–Trinajstić information content (AvgIpc) is 2.94. The fraction of sp³-hybridized carbons (Fsp3) is 0.294. The summed E-state index contributed by atoms with van der Waals surface area (Å²) in [5.41, 5.74) is 3.40. The summed E-state index contributed by atoms with van der Waals surface area (Å²) >= 11 is 0. The lowest BCUT2D eigenvalue weighted by molar-refractivity contribution is 0.304. The van der Waals surface area contributed by atoms with E-state index in [-0.39, 0.29) is 18.3 Å². The lowest BCUT2D eigenvalue weighted by atomic mass is 10.1. The number of imidazole rings is 1. The Morgan fingerprint density at radius 2 is 2.04 bits per heavy atom. The van der Waals surface area contributed by atoms with E-state index in [0.717, 1.165) is 28.1 Å². The Kier molecular flexibility index (Phi) is 4.52. The zero-order valence-corrected chi connectivity index (χ0v) is 13.7. The molecule has 0 aliphatic heterocycles. The lowest BCUT2D eigenvalue weighted by Crippen LogP contribution is -2.21. The molecule has 0 radical (unpaired) electrons. The smallest absolute Gasteiger partial charge is 0.323 e. The molecule has 0 aliphatic carbocycles. The maximum atomic E-state index is 11.3. The van der Waals surface area contributed by atoms with E-state index in [0.29, 0.717) is 6.54 Å². The van der Waals surface area contributed by atoms with E-state index in [9.17, 15) is 4.79 Å². The maximum absolute atomic E-state index is 11.3. The summed E-state index contributed by atoms with van der Waals surface area (Å²) in [6, 6.07) is 9.74. The summed E-state index contributed by atoms with van der Waals surface area (Å²) < 4.78 is 0. The van der Waals surface area contributed by atoms with Crippen LogP contribution in [0.5, 0.6) is 0 Å². The molecule has 0 saturated heterocycles. The van der Waals surface area contributed by atoms with Gasteiger partial charge in [0.15, 0.2) is 0 Å². The van der Waals surface area contributed by atoms with Gasteiger partial charge in [-0.05, 0) is 36.8 Å². The van der Waals surface area contributed by atoms with Crippen LogP contribution in [0.1, 0.15) is 18.5 Å². The number of aliphatic hydroxyl groups is 1. The number of pyridine rings is 1. The van der Waals surface area contributed by atoms with Gasteiger partial charge in [0.2, 0.25) is 0 Å². The number of aliphatic hydroxyl groups excluding tert-OH is 1. The number of benzene rings is 1. The van der Waals surface area contributed by atoms with Crippen LogP contribution in [0.4, 0.5) is 11.5 Å². The van der Waals surface area contributed by atoms with Gasteiger partial charge in [-0.1, -0.05) is 6.07 Å². The van der Waals surface area contributed by atoms with Crippen LogP contribution in [-0.4, -0.2) is 40.3 Å². The molecule has 7 heteroatoms. The highest BCUT2D eigenvalue weighted by molar-refractivity contribution is 5.75. The van der Waals surface area contributed by atoms with Crippen LogP contribution >= 0.6 is 0 Å². The first-order valence-corrected chi connectivity index (χ1v) is 7.83. The average molecular weight is 327 g/mol. The van der Waals surface area contributed by atoms with Gasteiger partial charge < -0.3 is 25.3 Å². The third kappa shape index (κ3) is 3.41. The highest BCUT2D eigenvalue weighted by Gasteiger charge is 2.09. The molecular weight excluding hydrogens is 306 g/mol. The van der Waals surface area contributed by atoms with Crippen molar-refractivity contribution in [2.24, 2.45) is 0 Å². The van der Waals surface area contributed by atoms with Gasteiger partial charge in [0.25, 0.3) is 0 Å². The molecule has 0 spiro atoms. The van der Waals surface area contributed by atoms with Crippen molar-refractivity contribution in [3.8, 4) is 0 Å². The normalized spacial score (nSPS) is 12.3. The molecule has 4 N–H and O–H groups in total. The van der Waals surface area contributed by atoms with Crippen molar-refractivity contribution in [2.45, 2.75) is 13.0 Å². The van der Waals surface area contributed by atoms with Gasteiger partial charge in [-0.2, -0.15) is 0 Å². The summed E-state index contributed by atoms with van der Waals surface area (Å²) in [5, 5.41) is 12.3. The van der Waals surface area contributed by atoms with Crippen molar-refractivity contribution in [1.82, 2.24) is 15.0 Å². The Labute approximate surface area is 139 Å². The summed E-state index contributed by atoms with van der Waals surface area (Å²) in [4.78, 5) is 23.2. The molecule has 2 aromatic heterocycles. The molecule has 24 heavy (non-hydrogen) atoms. The van der Waals surface area contributed by atoms with Gasteiger partial charge in [0, 0.05) is 13.6 Å². The molecule has 3 rings (SSSR count). The molecule has 0 bridgehead atoms. The van der Waals surface area contributed by atoms with Gasteiger partial charge >= 0.3 is 5.69 Å². The summed E-state index contributed by atoms with van der Waals surface area (Å²) in [7, 11) is 1.91. The van der Waals surface area contributed by atoms with Crippen LogP contribution in [0.3, 0.4) is 0 Å². The number of aromatic amines is 2. The second-order valence-electron chi connectivity index (χ2n) is 5.80. The van der Waals surface area contributed by atoms with E-state index < -0.39 is 0 Å². The fourth-order valence-electron chi connectivity index (χ4n) is 2.60. The maximum Gasteiger partial charge on any atom is 0.323 e. The lowest BCUT2D eigenvalue weighted by Gasteiger charge is -2.19. The number of hydrogen-bond donors (Lipinski definition) is 4. The van der Waals surface area contributed by atoms with Gasteiger partial charge in [0.05, 0.1) is 35.6 Å². The number of H-pyrrole nitrogens is 2. The van der Waals surface area contributed by atoms with Crippen molar-refractivity contribution >= 4 is 22.5 Å². The second kappa shape index (κ2) is 6.76. The van der Waals surface area contributed by atoms with E-state index in [1.165, 1.54) is 0 Å². The molecule has 0 saturated carbocycles. The van der Waals surface area contributed by atoms with Gasteiger partial charge in [-0.25, -0.2) is 9.78 Å². The number of rotatable bonds is 6. The Morgan fingerprint density at radius 1 is 1.25 bits per heavy atom. The van der Waals surface area contributed by atoms with E-state index in [1.807, 2.05) is 49.2 Å². The molecular formula is C17H21N5O2. The third-order valence-corrected chi connectivity index (χ3v) is 4.03. The molecule has 3 aromatic rings. The minimum atomic E-state index is -0.202. The summed E-state index contributed by atoms with van der Waals surface area (Å²) in [6.07, 6.45) is 1.78.